The molecule has 0 saturated heterocycles. The lowest BCUT2D eigenvalue weighted by Gasteiger charge is -1.99. The van der Waals surface area contributed by atoms with Crippen LogP contribution in [-0.4, -0.2) is 14.6 Å². The molecule has 4 heteroatoms. The first-order chi connectivity index (χ1) is 7.84. The molecular formula is C12H10N4. The van der Waals surface area contributed by atoms with Gasteiger partial charge in [-0.15, -0.1) is 5.10 Å². The van der Waals surface area contributed by atoms with Crippen LogP contribution < -0.4 is 5.73 Å². The maximum Gasteiger partial charge on any atom is 0.238 e. The van der Waals surface area contributed by atoms with Crippen LogP contribution in [0.3, 0.4) is 0 Å². The molecule has 0 spiro atoms. The summed E-state index contributed by atoms with van der Waals surface area (Å²) in [5, 5.41) is 4.11. The van der Waals surface area contributed by atoms with Crippen LogP contribution in [0.15, 0.2) is 48.8 Å². The van der Waals surface area contributed by atoms with E-state index >= 15 is 0 Å². The lowest BCUT2D eigenvalue weighted by molar-refractivity contribution is 0.918. The maximum atomic E-state index is 5.53. The number of hydrogen-bond donors (Lipinski definition) is 1. The molecule has 3 rings (SSSR count). The first-order valence-corrected chi connectivity index (χ1v) is 5.00. The summed E-state index contributed by atoms with van der Waals surface area (Å²) in [6, 6.07) is 12.2. The first-order valence-electron chi connectivity index (χ1n) is 5.00. The molecule has 0 atom stereocenters. The monoisotopic (exact) mass is 210 g/mol. The Morgan fingerprint density at radius 2 is 1.88 bits per heavy atom. The number of nitrogens with two attached hydrogens (primary N) is 1. The van der Waals surface area contributed by atoms with E-state index in [4.69, 9.17) is 5.73 Å². The average molecular weight is 210 g/mol. The summed E-state index contributed by atoms with van der Waals surface area (Å²) in [5.41, 5.74) is 8.75. The van der Waals surface area contributed by atoms with Crippen LogP contribution in [0, 0.1) is 0 Å². The summed E-state index contributed by atoms with van der Waals surface area (Å²) in [4.78, 5) is 4.01. The van der Waals surface area contributed by atoms with Gasteiger partial charge in [0.25, 0.3) is 0 Å². The summed E-state index contributed by atoms with van der Waals surface area (Å²) in [7, 11) is 0. The van der Waals surface area contributed by atoms with Gasteiger partial charge in [-0.25, -0.2) is 9.50 Å². The minimum absolute atomic E-state index is 0.280. The van der Waals surface area contributed by atoms with Gasteiger partial charge in [0.1, 0.15) is 0 Å². The maximum absolute atomic E-state index is 5.53. The zero-order chi connectivity index (χ0) is 11.0. The highest BCUT2D eigenvalue weighted by molar-refractivity contribution is 5.80. The van der Waals surface area contributed by atoms with Crippen LogP contribution in [-0.2, 0) is 0 Å². The highest BCUT2D eigenvalue weighted by Crippen LogP contribution is 2.24. The Morgan fingerprint density at radius 1 is 1.06 bits per heavy atom. The van der Waals surface area contributed by atoms with Crippen molar-refractivity contribution in [2.75, 3.05) is 5.73 Å². The SMILES string of the molecule is Nc1ncc2c(-c3ccccc3)ccn2n1. The number of rotatable bonds is 1. The smallest absolute Gasteiger partial charge is 0.238 e. The van der Waals surface area contributed by atoms with Gasteiger partial charge in [0.2, 0.25) is 5.95 Å². The minimum Gasteiger partial charge on any atom is -0.367 e. The van der Waals surface area contributed by atoms with E-state index in [9.17, 15) is 0 Å². The summed E-state index contributed by atoms with van der Waals surface area (Å²) in [6.07, 6.45) is 3.63. The van der Waals surface area contributed by atoms with Crippen molar-refractivity contribution in [1.29, 1.82) is 0 Å². The molecule has 2 N–H and O–H groups in total. The summed E-state index contributed by atoms with van der Waals surface area (Å²) < 4.78 is 1.74. The Bertz CT molecular complexity index is 628. The van der Waals surface area contributed by atoms with Gasteiger partial charge in [-0.1, -0.05) is 30.3 Å². The Morgan fingerprint density at radius 3 is 2.69 bits per heavy atom. The van der Waals surface area contributed by atoms with Crippen molar-refractivity contribution >= 4 is 11.5 Å². The first kappa shape index (κ1) is 8.91. The zero-order valence-electron chi connectivity index (χ0n) is 8.54. The van der Waals surface area contributed by atoms with Crippen molar-refractivity contribution < 1.29 is 0 Å². The molecule has 0 bridgehead atoms. The van der Waals surface area contributed by atoms with Gasteiger partial charge < -0.3 is 5.73 Å². The quantitative estimate of drug-likeness (QED) is 0.668. The largest absolute Gasteiger partial charge is 0.367 e. The summed E-state index contributed by atoms with van der Waals surface area (Å²) in [5.74, 6) is 0.280. The second-order valence-electron chi connectivity index (χ2n) is 3.54. The molecule has 78 valence electrons. The lowest BCUT2D eigenvalue weighted by atomic mass is 10.1. The zero-order valence-corrected chi connectivity index (χ0v) is 8.54. The molecule has 2 aromatic heterocycles. The van der Waals surface area contributed by atoms with Crippen LogP contribution in [0.4, 0.5) is 5.95 Å². The van der Waals surface area contributed by atoms with Crippen molar-refractivity contribution in [3.05, 3.63) is 48.8 Å². The van der Waals surface area contributed by atoms with Crippen LogP contribution in [0.1, 0.15) is 0 Å². The van der Waals surface area contributed by atoms with Crippen molar-refractivity contribution in [3.8, 4) is 11.1 Å². The third kappa shape index (κ3) is 1.32. The van der Waals surface area contributed by atoms with Crippen LogP contribution >= 0.6 is 0 Å². The fraction of sp³-hybridized carbons (Fsp3) is 0. The van der Waals surface area contributed by atoms with Gasteiger partial charge in [0, 0.05) is 11.8 Å². The molecule has 3 aromatic rings. The standard InChI is InChI=1S/C12H10N4/c13-12-14-8-11-10(6-7-16(11)15-12)9-4-2-1-3-5-9/h1-8H,(H2,13,15). The molecule has 0 saturated carbocycles. The fourth-order valence-electron chi connectivity index (χ4n) is 1.78. The molecule has 4 nitrogen and oxygen atoms in total. The van der Waals surface area contributed by atoms with Gasteiger partial charge in [-0.3, -0.25) is 0 Å². The van der Waals surface area contributed by atoms with E-state index in [0.29, 0.717) is 0 Å². The second-order valence-corrected chi connectivity index (χ2v) is 3.54. The van der Waals surface area contributed by atoms with E-state index < -0.39 is 0 Å². The van der Waals surface area contributed by atoms with Gasteiger partial charge in [-0.2, -0.15) is 0 Å². The number of fused-ring (bicyclic) bond motifs is 1. The normalized spacial score (nSPS) is 10.8. The summed E-state index contributed by atoms with van der Waals surface area (Å²) >= 11 is 0. The van der Waals surface area contributed by atoms with Gasteiger partial charge >= 0.3 is 0 Å². The van der Waals surface area contributed by atoms with Gasteiger partial charge in [0.05, 0.1) is 11.7 Å². The Hall–Kier alpha value is -2.36. The topological polar surface area (TPSA) is 56.2 Å². The highest BCUT2D eigenvalue weighted by Gasteiger charge is 2.05. The molecule has 0 aliphatic carbocycles. The van der Waals surface area contributed by atoms with E-state index in [0.717, 1.165) is 16.6 Å². The number of nitrogens with zero attached hydrogens (tertiary/aromatic N) is 3. The molecule has 2 heterocycles. The molecule has 0 aliphatic heterocycles. The number of aromatic nitrogens is 3. The van der Waals surface area contributed by atoms with Crippen LogP contribution in [0.25, 0.3) is 16.6 Å². The lowest BCUT2D eigenvalue weighted by Crippen LogP contribution is -1.99. The third-order valence-electron chi connectivity index (χ3n) is 2.52. The fourth-order valence-corrected chi connectivity index (χ4v) is 1.78. The molecule has 1 aromatic carbocycles. The molecule has 0 fully saturated rings. The molecule has 0 unspecified atom stereocenters. The van der Waals surface area contributed by atoms with Gasteiger partial charge in [-0.05, 0) is 11.6 Å². The third-order valence-corrected chi connectivity index (χ3v) is 2.52. The van der Waals surface area contributed by atoms with E-state index in [1.54, 1.807) is 10.7 Å². The van der Waals surface area contributed by atoms with E-state index in [2.05, 4.69) is 22.2 Å². The van der Waals surface area contributed by atoms with Crippen molar-refractivity contribution in [1.82, 2.24) is 14.6 Å². The van der Waals surface area contributed by atoms with Crippen LogP contribution in [0.5, 0.6) is 0 Å². The highest BCUT2D eigenvalue weighted by atomic mass is 15.3. The molecular weight excluding hydrogens is 200 g/mol. The summed E-state index contributed by atoms with van der Waals surface area (Å²) in [6.45, 7) is 0. The molecule has 16 heavy (non-hydrogen) atoms. The van der Waals surface area contributed by atoms with Crippen molar-refractivity contribution in [3.63, 3.8) is 0 Å². The Labute approximate surface area is 92.4 Å². The molecule has 0 aliphatic rings. The predicted molar refractivity (Wildman–Crippen MR) is 62.8 cm³/mol. The Balaban J connectivity index is 2.26. The van der Waals surface area contributed by atoms with E-state index in [1.165, 1.54) is 0 Å². The Kier molecular flexibility index (Phi) is 1.86. The second kappa shape index (κ2) is 3.34. The van der Waals surface area contributed by atoms with Crippen molar-refractivity contribution in [2.24, 2.45) is 0 Å². The predicted octanol–water partition coefficient (Wildman–Crippen LogP) is 1.98. The number of nitrogen functional groups attached to an aromatic ring is 1. The number of hydrogen-bond acceptors (Lipinski definition) is 3. The van der Waals surface area contributed by atoms with Crippen molar-refractivity contribution in [2.45, 2.75) is 0 Å². The van der Waals surface area contributed by atoms with Crippen LogP contribution in [0.2, 0.25) is 0 Å². The molecule has 0 radical (unpaired) electrons. The van der Waals surface area contributed by atoms with Gasteiger partial charge in [0.15, 0.2) is 0 Å². The van der Waals surface area contributed by atoms with E-state index in [-0.39, 0.29) is 5.95 Å². The number of anilines is 1. The minimum atomic E-state index is 0.280. The molecule has 0 amide bonds. The van der Waals surface area contributed by atoms with E-state index in [1.807, 2.05) is 30.5 Å². The average Bonchev–Trinajstić information content (AvgIpc) is 2.73. The number of benzene rings is 1.